The second-order valence-electron chi connectivity index (χ2n) is 5.72. The van der Waals surface area contributed by atoms with E-state index in [0.717, 1.165) is 0 Å². The molecule has 1 aliphatic rings. The van der Waals surface area contributed by atoms with Crippen molar-refractivity contribution in [3.8, 4) is 0 Å². The van der Waals surface area contributed by atoms with Crippen LogP contribution in [0.1, 0.15) is 39.3 Å². The summed E-state index contributed by atoms with van der Waals surface area (Å²) in [5.41, 5.74) is -2.26. The Morgan fingerprint density at radius 3 is 2.12 bits per heavy atom. The van der Waals surface area contributed by atoms with Gasteiger partial charge in [0.25, 0.3) is 0 Å². The maximum absolute atomic E-state index is 13.7. The van der Waals surface area contributed by atoms with E-state index in [4.69, 9.17) is 0 Å². The SMILES string of the molecule is O=C1c2ccccc2C(O)C1C(O)c1cc(F)c(C(F)(F)F)c(F)c1. The van der Waals surface area contributed by atoms with Gasteiger partial charge in [0.1, 0.15) is 17.2 Å². The first-order valence-corrected chi connectivity index (χ1v) is 7.18. The van der Waals surface area contributed by atoms with Crippen molar-refractivity contribution in [2.45, 2.75) is 18.4 Å². The van der Waals surface area contributed by atoms with E-state index in [0.29, 0.717) is 12.1 Å². The van der Waals surface area contributed by atoms with Gasteiger partial charge in [0.15, 0.2) is 5.78 Å². The van der Waals surface area contributed by atoms with E-state index in [9.17, 15) is 37.0 Å². The van der Waals surface area contributed by atoms with Crippen LogP contribution in [0.4, 0.5) is 22.0 Å². The van der Waals surface area contributed by atoms with Gasteiger partial charge in [-0.1, -0.05) is 24.3 Å². The van der Waals surface area contributed by atoms with Crippen molar-refractivity contribution >= 4 is 5.78 Å². The Morgan fingerprint density at radius 2 is 1.60 bits per heavy atom. The van der Waals surface area contributed by atoms with Crippen LogP contribution in [-0.2, 0) is 6.18 Å². The number of hydrogen-bond acceptors (Lipinski definition) is 3. The number of ketones is 1. The van der Waals surface area contributed by atoms with Crippen molar-refractivity contribution in [1.82, 2.24) is 0 Å². The lowest BCUT2D eigenvalue weighted by Crippen LogP contribution is -2.23. The molecule has 3 atom stereocenters. The minimum absolute atomic E-state index is 0.145. The third kappa shape index (κ3) is 2.81. The van der Waals surface area contributed by atoms with Gasteiger partial charge in [0.2, 0.25) is 0 Å². The summed E-state index contributed by atoms with van der Waals surface area (Å²) in [5, 5.41) is 20.5. The summed E-state index contributed by atoms with van der Waals surface area (Å²) in [5.74, 6) is -5.93. The molecular weight excluding hydrogens is 347 g/mol. The highest BCUT2D eigenvalue weighted by atomic mass is 19.4. The molecule has 132 valence electrons. The van der Waals surface area contributed by atoms with Crippen LogP contribution in [0.3, 0.4) is 0 Å². The lowest BCUT2D eigenvalue weighted by atomic mass is 9.90. The highest BCUT2D eigenvalue weighted by molar-refractivity contribution is 6.03. The smallest absolute Gasteiger partial charge is 0.388 e. The Labute approximate surface area is 138 Å². The number of rotatable bonds is 2. The van der Waals surface area contributed by atoms with Gasteiger partial charge in [-0.05, 0) is 23.3 Å². The molecule has 0 spiro atoms. The van der Waals surface area contributed by atoms with Gasteiger partial charge in [0, 0.05) is 5.56 Å². The maximum atomic E-state index is 13.7. The molecule has 25 heavy (non-hydrogen) atoms. The first kappa shape index (κ1) is 17.5. The molecule has 2 N–H and O–H groups in total. The topological polar surface area (TPSA) is 57.5 Å². The number of fused-ring (bicyclic) bond motifs is 1. The number of halogens is 5. The predicted molar refractivity (Wildman–Crippen MR) is 75.5 cm³/mol. The zero-order chi connectivity index (χ0) is 18.5. The van der Waals surface area contributed by atoms with Gasteiger partial charge < -0.3 is 10.2 Å². The lowest BCUT2D eigenvalue weighted by Gasteiger charge is -2.21. The maximum Gasteiger partial charge on any atom is 0.422 e. The number of hydrogen-bond donors (Lipinski definition) is 2. The summed E-state index contributed by atoms with van der Waals surface area (Å²) in [4.78, 5) is 12.3. The van der Waals surface area contributed by atoms with Gasteiger partial charge in [-0.15, -0.1) is 0 Å². The third-order valence-corrected chi connectivity index (χ3v) is 4.22. The van der Waals surface area contributed by atoms with Crippen LogP contribution in [0.2, 0.25) is 0 Å². The quantitative estimate of drug-likeness (QED) is 0.807. The summed E-state index contributed by atoms with van der Waals surface area (Å²) < 4.78 is 65.2. The summed E-state index contributed by atoms with van der Waals surface area (Å²) in [6, 6.07) is 6.61. The van der Waals surface area contributed by atoms with Crippen LogP contribution in [0, 0.1) is 17.6 Å². The number of alkyl halides is 3. The normalized spacial score (nSPS) is 21.3. The van der Waals surface area contributed by atoms with Gasteiger partial charge in [-0.2, -0.15) is 13.2 Å². The number of Topliss-reactive ketones (excluding diaryl/α,β-unsaturated/α-hetero) is 1. The van der Waals surface area contributed by atoms with E-state index in [-0.39, 0.29) is 11.1 Å². The Bertz CT molecular complexity index is 823. The molecule has 3 nitrogen and oxygen atoms in total. The number of carbonyl (C=O) groups excluding carboxylic acids is 1. The van der Waals surface area contributed by atoms with Crippen LogP contribution >= 0.6 is 0 Å². The van der Waals surface area contributed by atoms with Crippen LogP contribution < -0.4 is 0 Å². The molecule has 0 radical (unpaired) electrons. The molecule has 0 heterocycles. The van der Waals surface area contributed by atoms with Crippen molar-refractivity contribution in [2.24, 2.45) is 5.92 Å². The first-order valence-electron chi connectivity index (χ1n) is 7.18. The highest BCUT2D eigenvalue weighted by Crippen LogP contribution is 2.43. The van der Waals surface area contributed by atoms with E-state index in [1.165, 1.54) is 18.2 Å². The molecule has 0 bridgehead atoms. The molecule has 3 rings (SSSR count). The summed E-state index contributed by atoms with van der Waals surface area (Å²) in [6.07, 6.45) is -8.55. The van der Waals surface area contributed by atoms with Crippen molar-refractivity contribution < 1.29 is 37.0 Å². The fourth-order valence-corrected chi connectivity index (χ4v) is 3.05. The second-order valence-corrected chi connectivity index (χ2v) is 5.72. The number of carbonyl (C=O) groups is 1. The first-order chi connectivity index (χ1) is 11.6. The second kappa shape index (κ2) is 5.89. The van der Waals surface area contributed by atoms with Crippen LogP contribution in [0.15, 0.2) is 36.4 Å². The fourth-order valence-electron chi connectivity index (χ4n) is 3.05. The molecule has 2 aromatic rings. The largest absolute Gasteiger partial charge is 0.422 e. The molecule has 0 saturated heterocycles. The van der Waals surface area contributed by atoms with Crippen molar-refractivity contribution in [3.63, 3.8) is 0 Å². The molecule has 0 aromatic heterocycles. The highest BCUT2D eigenvalue weighted by Gasteiger charge is 2.44. The monoisotopic (exact) mass is 358 g/mol. The van der Waals surface area contributed by atoms with Crippen molar-refractivity contribution in [2.75, 3.05) is 0 Å². The molecule has 3 unspecified atom stereocenters. The molecular formula is C17H11F5O3. The van der Waals surface area contributed by atoms with Crippen LogP contribution in [0.5, 0.6) is 0 Å². The fraction of sp³-hybridized carbons (Fsp3) is 0.235. The predicted octanol–water partition coefficient (Wildman–Crippen LogP) is 3.56. The number of aliphatic hydroxyl groups is 2. The van der Waals surface area contributed by atoms with Crippen LogP contribution in [-0.4, -0.2) is 16.0 Å². The van der Waals surface area contributed by atoms with Gasteiger partial charge in [0.05, 0.1) is 18.1 Å². The molecule has 0 amide bonds. The summed E-state index contributed by atoms with van der Waals surface area (Å²) in [6.45, 7) is 0. The van der Waals surface area contributed by atoms with E-state index < -0.39 is 52.8 Å². The van der Waals surface area contributed by atoms with Gasteiger partial charge in [-0.25, -0.2) is 8.78 Å². The Kier molecular flexibility index (Phi) is 4.12. The van der Waals surface area contributed by atoms with Crippen molar-refractivity contribution in [3.05, 3.63) is 70.3 Å². The van der Waals surface area contributed by atoms with Crippen molar-refractivity contribution in [1.29, 1.82) is 0 Å². The number of benzene rings is 2. The Hall–Kier alpha value is -2.32. The zero-order valence-corrected chi connectivity index (χ0v) is 12.4. The average Bonchev–Trinajstić information content (AvgIpc) is 2.76. The van der Waals surface area contributed by atoms with E-state index in [1.807, 2.05) is 0 Å². The summed E-state index contributed by atoms with van der Waals surface area (Å²) in [7, 11) is 0. The zero-order valence-electron chi connectivity index (χ0n) is 12.4. The minimum Gasteiger partial charge on any atom is -0.388 e. The lowest BCUT2D eigenvalue weighted by molar-refractivity contribution is -0.142. The average molecular weight is 358 g/mol. The molecule has 2 aromatic carbocycles. The van der Waals surface area contributed by atoms with Gasteiger partial charge >= 0.3 is 6.18 Å². The molecule has 0 saturated carbocycles. The Balaban J connectivity index is 2.00. The minimum atomic E-state index is -5.24. The molecule has 8 heteroatoms. The molecule has 0 fully saturated rings. The Morgan fingerprint density at radius 1 is 1.04 bits per heavy atom. The van der Waals surface area contributed by atoms with Crippen LogP contribution in [0.25, 0.3) is 0 Å². The van der Waals surface area contributed by atoms with E-state index in [1.54, 1.807) is 6.07 Å². The number of aliphatic hydroxyl groups excluding tert-OH is 2. The molecule has 1 aliphatic carbocycles. The van der Waals surface area contributed by atoms with Gasteiger partial charge in [-0.3, -0.25) is 4.79 Å². The summed E-state index contributed by atoms with van der Waals surface area (Å²) >= 11 is 0. The van der Waals surface area contributed by atoms with E-state index >= 15 is 0 Å². The standard InChI is InChI=1S/C17H11F5O3/c18-10-5-7(6-11(19)13(10)17(20,21)22)14(23)12-15(24)8-3-1-2-4-9(8)16(12)25/h1-6,12,14-15,23-24H. The third-order valence-electron chi connectivity index (χ3n) is 4.22. The van der Waals surface area contributed by atoms with E-state index in [2.05, 4.69) is 0 Å². The molecule has 0 aliphatic heterocycles.